The fourth-order valence-electron chi connectivity index (χ4n) is 3.23. The molecular formula is C22H20F6N4O6. The highest BCUT2D eigenvalue weighted by molar-refractivity contribution is 5.91. The van der Waals surface area contributed by atoms with Crippen molar-refractivity contribution in [3.63, 3.8) is 0 Å². The summed E-state index contributed by atoms with van der Waals surface area (Å²) >= 11 is 0. The van der Waals surface area contributed by atoms with Crippen molar-refractivity contribution in [2.45, 2.75) is 31.7 Å². The van der Waals surface area contributed by atoms with E-state index in [0.29, 0.717) is 18.8 Å². The van der Waals surface area contributed by atoms with E-state index in [1.54, 1.807) is 18.3 Å². The zero-order chi connectivity index (χ0) is 28.7. The number of carbonyl (C=O) groups excluding carboxylic acids is 1. The van der Waals surface area contributed by atoms with Crippen LogP contribution in [-0.2, 0) is 29.6 Å². The van der Waals surface area contributed by atoms with E-state index >= 15 is 0 Å². The number of amides is 1. The van der Waals surface area contributed by atoms with Gasteiger partial charge in [-0.25, -0.2) is 9.59 Å². The van der Waals surface area contributed by atoms with Crippen molar-refractivity contribution in [2.24, 2.45) is 7.05 Å². The third-order valence-corrected chi connectivity index (χ3v) is 4.91. The molecule has 0 saturated carbocycles. The average molecular weight is 550 g/mol. The van der Waals surface area contributed by atoms with Crippen LogP contribution in [0, 0.1) is 0 Å². The molecule has 0 radical (unpaired) electrons. The summed E-state index contributed by atoms with van der Waals surface area (Å²) in [5.74, 6) is -5.20. The highest BCUT2D eigenvalue weighted by Gasteiger charge is 2.38. The Morgan fingerprint density at radius 1 is 1.00 bits per heavy atom. The number of furan rings is 1. The van der Waals surface area contributed by atoms with Crippen molar-refractivity contribution in [2.75, 3.05) is 6.54 Å². The minimum Gasteiger partial charge on any atom is -0.475 e. The zero-order valence-corrected chi connectivity index (χ0v) is 19.5. The van der Waals surface area contributed by atoms with Crippen LogP contribution in [0.25, 0.3) is 11.3 Å². The van der Waals surface area contributed by atoms with Crippen LogP contribution in [0.2, 0.25) is 0 Å². The fraction of sp³-hybridized carbons (Fsp3) is 0.318. The summed E-state index contributed by atoms with van der Waals surface area (Å²) in [5.41, 5.74) is 4.26. The molecule has 1 amide bonds. The van der Waals surface area contributed by atoms with E-state index in [4.69, 9.17) is 24.2 Å². The first-order valence-corrected chi connectivity index (χ1v) is 10.5. The topological polar surface area (TPSA) is 139 Å². The van der Waals surface area contributed by atoms with Gasteiger partial charge in [-0.3, -0.25) is 14.5 Å². The number of hydrogen-bond donors (Lipinski definition) is 2. The number of halogens is 6. The van der Waals surface area contributed by atoms with Gasteiger partial charge in [0.05, 0.1) is 24.2 Å². The van der Waals surface area contributed by atoms with E-state index in [1.807, 2.05) is 35.0 Å². The van der Waals surface area contributed by atoms with Crippen LogP contribution in [0.3, 0.4) is 0 Å². The first-order chi connectivity index (χ1) is 17.6. The Hall–Kier alpha value is -4.37. The highest BCUT2D eigenvalue weighted by Crippen LogP contribution is 2.29. The van der Waals surface area contributed by atoms with E-state index in [1.165, 1.54) is 11.8 Å². The van der Waals surface area contributed by atoms with Crippen LogP contribution in [0.15, 0.2) is 47.3 Å². The lowest BCUT2D eigenvalue weighted by Gasteiger charge is -2.19. The minimum absolute atomic E-state index is 0.0722. The molecule has 0 aliphatic carbocycles. The summed E-state index contributed by atoms with van der Waals surface area (Å²) in [7, 11) is 1.93. The van der Waals surface area contributed by atoms with E-state index < -0.39 is 24.3 Å². The van der Waals surface area contributed by atoms with E-state index in [9.17, 15) is 31.1 Å². The Bertz CT molecular complexity index is 1220. The van der Waals surface area contributed by atoms with Gasteiger partial charge in [-0.2, -0.15) is 31.4 Å². The molecule has 2 N–H and O–H groups in total. The van der Waals surface area contributed by atoms with Gasteiger partial charge in [0.25, 0.3) is 5.91 Å². The van der Waals surface area contributed by atoms with Crippen molar-refractivity contribution >= 4 is 17.8 Å². The number of aryl methyl sites for hydroxylation is 1. The number of pyridine rings is 1. The third-order valence-electron chi connectivity index (χ3n) is 4.91. The van der Waals surface area contributed by atoms with Gasteiger partial charge in [0.1, 0.15) is 0 Å². The van der Waals surface area contributed by atoms with E-state index in [2.05, 4.69) is 10.1 Å². The van der Waals surface area contributed by atoms with Crippen molar-refractivity contribution in [3.05, 3.63) is 59.9 Å². The largest absolute Gasteiger partial charge is 0.490 e. The van der Waals surface area contributed by atoms with Gasteiger partial charge in [-0.05, 0) is 37.1 Å². The molecule has 38 heavy (non-hydrogen) atoms. The number of hydrogen-bond acceptors (Lipinski definition) is 6. The quantitative estimate of drug-likeness (QED) is 0.458. The molecule has 0 saturated heterocycles. The second kappa shape index (κ2) is 12.2. The molecular weight excluding hydrogens is 530 g/mol. The van der Waals surface area contributed by atoms with Gasteiger partial charge in [0.2, 0.25) is 0 Å². The molecule has 0 fully saturated rings. The Labute approximate surface area is 210 Å². The summed E-state index contributed by atoms with van der Waals surface area (Å²) < 4.78 is 70.6. The van der Waals surface area contributed by atoms with Crippen molar-refractivity contribution in [1.29, 1.82) is 0 Å². The Balaban J connectivity index is 0.000000301. The van der Waals surface area contributed by atoms with Gasteiger partial charge >= 0.3 is 24.3 Å². The smallest absolute Gasteiger partial charge is 0.475 e. The highest BCUT2D eigenvalue weighted by atomic mass is 19.4. The molecule has 0 spiro atoms. The number of carboxylic acid groups (broad SMARTS) is 2. The van der Waals surface area contributed by atoms with Gasteiger partial charge in [0, 0.05) is 37.1 Å². The number of fused-ring (bicyclic) bond motifs is 1. The van der Waals surface area contributed by atoms with Crippen molar-refractivity contribution < 1.29 is 55.4 Å². The lowest BCUT2D eigenvalue weighted by atomic mass is 10.0. The molecule has 1 aliphatic heterocycles. The number of nitrogens with zero attached hydrogens (tertiary/aromatic N) is 4. The Kier molecular flexibility index (Phi) is 9.62. The molecule has 4 heterocycles. The molecule has 0 unspecified atom stereocenters. The van der Waals surface area contributed by atoms with Crippen LogP contribution < -0.4 is 0 Å². The third kappa shape index (κ3) is 8.07. The van der Waals surface area contributed by atoms with E-state index in [0.717, 1.165) is 29.8 Å². The minimum atomic E-state index is -5.08. The van der Waals surface area contributed by atoms with Gasteiger partial charge in [0.15, 0.2) is 5.76 Å². The Morgan fingerprint density at radius 3 is 2.08 bits per heavy atom. The van der Waals surface area contributed by atoms with Gasteiger partial charge in [-0.15, -0.1) is 0 Å². The SMILES string of the molecule is Cn1nc(-c2cccnc2)c2c1CN(C(=O)c1ccco1)CCC2.O=C(O)C(F)(F)F.O=C(O)C(F)(F)F. The number of aliphatic carboxylic acids is 2. The first kappa shape index (κ1) is 29.9. The number of rotatable bonds is 2. The lowest BCUT2D eigenvalue weighted by Crippen LogP contribution is -2.31. The molecule has 0 atom stereocenters. The standard InChI is InChI=1S/C18H18N4O2.2C2HF3O2/c1-21-15-12-22(18(23)16-7-4-10-24-16)9-3-6-14(15)17(20-21)13-5-2-8-19-11-13;2*3-2(4,5)1(6)7/h2,4-5,7-8,10-11H,3,6,9,12H2,1H3;2*(H,6,7). The summed E-state index contributed by atoms with van der Waals surface area (Å²) in [5, 5.41) is 18.9. The van der Waals surface area contributed by atoms with E-state index in [-0.39, 0.29) is 5.91 Å². The summed E-state index contributed by atoms with van der Waals surface area (Å²) in [6, 6.07) is 7.38. The van der Waals surface area contributed by atoms with Crippen molar-refractivity contribution in [1.82, 2.24) is 19.7 Å². The maximum absolute atomic E-state index is 12.6. The normalized spacial score (nSPS) is 13.2. The molecule has 0 bridgehead atoms. The van der Waals surface area contributed by atoms with Crippen LogP contribution in [0.1, 0.15) is 28.2 Å². The maximum atomic E-state index is 12.6. The summed E-state index contributed by atoms with van der Waals surface area (Å²) in [4.78, 5) is 36.4. The Morgan fingerprint density at radius 2 is 1.61 bits per heavy atom. The molecule has 3 aromatic heterocycles. The number of carbonyl (C=O) groups is 3. The fourth-order valence-corrected chi connectivity index (χ4v) is 3.23. The molecule has 0 aromatic carbocycles. The molecule has 1 aliphatic rings. The predicted molar refractivity (Wildman–Crippen MR) is 116 cm³/mol. The monoisotopic (exact) mass is 550 g/mol. The molecule has 10 nitrogen and oxygen atoms in total. The van der Waals surface area contributed by atoms with Crippen LogP contribution in [0.5, 0.6) is 0 Å². The summed E-state index contributed by atoms with van der Waals surface area (Å²) in [6.07, 6.45) is -3.25. The molecule has 3 aromatic rings. The maximum Gasteiger partial charge on any atom is 0.490 e. The van der Waals surface area contributed by atoms with Crippen LogP contribution in [0.4, 0.5) is 26.3 Å². The molecule has 16 heteroatoms. The van der Waals surface area contributed by atoms with Crippen LogP contribution >= 0.6 is 0 Å². The van der Waals surface area contributed by atoms with Crippen molar-refractivity contribution in [3.8, 4) is 11.3 Å². The molecule has 4 rings (SSSR count). The molecule has 206 valence electrons. The van der Waals surface area contributed by atoms with Gasteiger partial charge in [-0.1, -0.05) is 0 Å². The second-order valence-electron chi connectivity index (χ2n) is 7.55. The number of alkyl halides is 6. The number of carboxylic acids is 2. The predicted octanol–water partition coefficient (Wildman–Crippen LogP) is 3.93. The number of aromatic nitrogens is 3. The first-order valence-electron chi connectivity index (χ1n) is 10.5. The van der Waals surface area contributed by atoms with Crippen LogP contribution in [-0.4, -0.2) is 66.6 Å². The van der Waals surface area contributed by atoms with Gasteiger partial charge < -0.3 is 19.5 Å². The second-order valence-corrected chi connectivity index (χ2v) is 7.55. The lowest BCUT2D eigenvalue weighted by molar-refractivity contribution is -0.193. The summed E-state index contributed by atoms with van der Waals surface area (Å²) in [6.45, 7) is 1.25. The zero-order valence-electron chi connectivity index (χ0n) is 19.5. The average Bonchev–Trinajstić information content (AvgIpc) is 3.41.